The molecule has 4 heteroatoms. The van der Waals surface area contributed by atoms with Crippen molar-refractivity contribution < 1.29 is 9.90 Å². The van der Waals surface area contributed by atoms with Crippen LogP contribution >= 0.6 is 15.9 Å². The van der Waals surface area contributed by atoms with E-state index >= 15 is 0 Å². The van der Waals surface area contributed by atoms with Crippen molar-refractivity contribution in [2.24, 2.45) is 0 Å². The molecule has 0 atom stereocenters. The highest BCUT2D eigenvalue weighted by molar-refractivity contribution is 9.10. The van der Waals surface area contributed by atoms with Crippen LogP contribution in [0.1, 0.15) is 18.9 Å². The van der Waals surface area contributed by atoms with Crippen molar-refractivity contribution in [2.75, 3.05) is 6.54 Å². The van der Waals surface area contributed by atoms with Gasteiger partial charge in [0.1, 0.15) is 5.75 Å². The normalized spacial score (nSPS) is 10.6. The van der Waals surface area contributed by atoms with Gasteiger partial charge in [0.15, 0.2) is 0 Å². The standard InChI is InChI=1S/C12H14BrNO2/c1-9(15)14-7-3-2-4-10-8-11(13)5-6-12(10)16/h2,4-6,8,16H,3,7H2,1H3,(H,14,15). The fourth-order valence-electron chi connectivity index (χ4n) is 1.20. The minimum atomic E-state index is -0.0290. The van der Waals surface area contributed by atoms with Crippen LogP contribution in [-0.4, -0.2) is 17.6 Å². The number of nitrogens with one attached hydrogen (secondary N) is 1. The van der Waals surface area contributed by atoms with Gasteiger partial charge in [-0.1, -0.05) is 28.1 Å². The largest absolute Gasteiger partial charge is 0.507 e. The lowest BCUT2D eigenvalue weighted by Gasteiger charge is -2.00. The summed E-state index contributed by atoms with van der Waals surface area (Å²) in [5, 5.41) is 12.2. The third kappa shape index (κ3) is 4.49. The van der Waals surface area contributed by atoms with Crippen LogP contribution in [0.5, 0.6) is 5.75 Å². The number of rotatable bonds is 4. The molecule has 0 unspecified atom stereocenters. The van der Waals surface area contributed by atoms with Gasteiger partial charge in [-0.15, -0.1) is 0 Å². The van der Waals surface area contributed by atoms with Gasteiger partial charge < -0.3 is 10.4 Å². The molecule has 0 aliphatic heterocycles. The highest BCUT2D eigenvalue weighted by Gasteiger charge is 1.97. The Labute approximate surface area is 103 Å². The first-order valence-corrected chi connectivity index (χ1v) is 5.78. The van der Waals surface area contributed by atoms with E-state index in [-0.39, 0.29) is 11.7 Å². The monoisotopic (exact) mass is 283 g/mol. The second kappa shape index (κ2) is 6.33. The number of carbonyl (C=O) groups is 1. The van der Waals surface area contributed by atoms with Crippen molar-refractivity contribution in [1.29, 1.82) is 0 Å². The van der Waals surface area contributed by atoms with Crippen molar-refractivity contribution in [3.05, 3.63) is 34.3 Å². The molecule has 2 N–H and O–H groups in total. The van der Waals surface area contributed by atoms with E-state index in [1.807, 2.05) is 18.2 Å². The Morgan fingerprint density at radius 3 is 3.00 bits per heavy atom. The molecule has 0 aromatic heterocycles. The average molecular weight is 284 g/mol. The summed E-state index contributed by atoms with van der Waals surface area (Å²) in [6.45, 7) is 2.10. The van der Waals surface area contributed by atoms with Gasteiger partial charge in [0.2, 0.25) is 5.91 Å². The molecule has 0 bridgehead atoms. The number of benzene rings is 1. The summed E-state index contributed by atoms with van der Waals surface area (Å²) in [5.41, 5.74) is 0.761. The van der Waals surface area contributed by atoms with E-state index < -0.39 is 0 Å². The van der Waals surface area contributed by atoms with Crippen LogP contribution in [-0.2, 0) is 4.79 Å². The molecule has 0 aliphatic rings. The van der Waals surface area contributed by atoms with Crippen molar-refractivity contribution in [3.63, 3.8) is 0 Å². The van der Waals surface area contributed by atoms with Gasteiger partial charge in [-0.2, -0.15) is 0 Å². The van der Waals surface area contributed by atoms with Crippen LogP contribution < -0.4 is 5.32 Å². The molecule has 86 valence electrons. The van der Waals surface area contributed by atoms with Gasteiger partial charge in [0.25, 0.3) is 0 Å². The lowest BCUT2D eigenvalue weighted by molar-refractivity contribution is -0.118. The lowest BCUT2D eigenvalue weighted by atomic mass is 10.2. The van der Waals surface area contributed by atoms with Gasteiger partial charge in [-0.05, 0) is 24.6 Å². The van der Waals surface area contributed by atoms with Crippen molar-refractivity contribution in [2.45, 2.75) is 13.3 Å². The molecule has 0 saturated carbocycles. The van der Waals surface area contributed by atoms with Crippen molar-refractivity contribution in [1.82, 2.24) is 5.32 Å². The predicted molar refractivity (Wildman–Crippen MR) is 68.1 cm³/mol. The summed E-state index contributed by atoms with van der Waals surface area (Å²) >= 11 is 3.34. The number of phenols is 1. The molecule has 1 aromatic rings. The Hall–Kier alpha value is -1.29. The molecule has 0 saturated heterocycles. The molecule has 3 nitrogen and oxygen atoms in total. The number of aromatic hydroxyl groups is 1. The minimum Gasteiger partial charge on any atom is -0.507 e. The smallest absolute Gasteiger partial charge is 0.216 e. The Morgan fingerprint density at radius 2 is 2.31 bits per heavy atom. The van der Waals surface area contributed by atoms with Gasteiger partial charge in [0, 0.05) is 23.5 Å². The number of amides is 1. The summed E-state index contributed by atoms with van der Waals surface area (Å²) in [6.07, 6.45) is 4.49. The van der Waals surface area contributed by atoms with E-state index in [4.69, 9.17) is 0 Å². The fourth-order valence-corrected chi connectivity index (χ4v) is 1.58. The van der Waals surface area contributed by atoms with E-state index in [1.54, 1.807) is 12.1 Å². The van der Waals surface area contributed by atoms with E-state index in [0.717, 1.165) is 16.5 Å². The second-order valence-corrected chi connectivity index (χ2v) is 4.29. The molecule has 1 rings (SSSR count). The Kier molecular flexibility index (Phi) is 5.05. The van der Waals surface area contributed by atoms with Crippen molar-refractivity contribution in [3.8, 4) is 5.75 Å². The summed E-state index contributed by atoms with van der Waals surface area (Å²) < 4.78 is 0.923. The number of halogens is 1. The van der Waals surface area contributed by atoms with E-state index in [1.165, 1.54) is 6.92 Å². The molecule has 16 heavy (non-hydrogen) atoms. The summed E-state index contributed by atoms with van der Waals surface area (Å²) in [5.74, 6) is 0.220. The summed E-state index contributed by atoms with van der Waals surface area (Å²) in [6, 6.07) is 5.26. The van der Waals surface area contributed by atoms with E-state index in [2.05, 4.69) is 21.2 Å². The molecule has 0 heterocycles. The Bertz CT molecular complexity index is 402. The summed E-state index contributed by atoms with van der Waals surface area (Å²) in [4.78, 5) is 10.6. The zero-order valence-electron chi connectivity index (χ0n) is 9.03. The third-order valence-corrected chi connectivity index (χ3v) is 2.47. The van der Waals surface area contributed by atoms with Crippen molar-refractivity contribution >= 4 is 27.9 Å². The van der Waals surface area contributed by atoms with Crippen LogP contribution in [0.15, 0.2) is 28.7 Å². The molecule has 0 fully saturated rings. The SMILES string of the molecule is CC(=O)NCCC=Cc1cc(Br)ccc1O. The first kappa shape index (κ1) is 12.8. The van der Waals surface area contributed by atoms with Gasteiger partial charge in [-0.25, -0.2) is 0 Å². The molecule has 0 spiro atoms. The zero-order chi connectivity index (χ0) is 12.0. The number of hydrogen-bond donors (Lipinski definition) is 2. The predicted octanol–water partition coefficient (Wildman–Crippen LogP) is 2.69. The Morgan fingerprint density at radius 1 is 1.56 bits per heavy atom. The maximum absolute atomic E-state index is 10.6. The summed E-state index contributed by atoms with van der Waals surface area (Å²) in [7, 11) is 0. The maximum atomic E-state index is 10.6. The van der Waals surface area contributed by atoms with Crippen LogP contribution in [0.2, 0.25) is 0 Å². The van der Waals surface area contributed by atoms with Crippen LogP contribution in [0.3, 0.4) is 0 Å². The van der Waals surface area contributed by atoms with Gasteiger partial charge >= 0.3 is 0 Å². The number of hydrogen-bond acceptors (Lipinski definition) is 2. The molecule has 0 aliphatic carbocycles. The maximum Gasteiger partial charge on any atom is 0.216 e. The highest BCUT2D eigenvalue weighted by Crippen LogP contribution is 2.22. The topological polar surface area (TPSA) is 49.3 Å². The zero-order valence-corrected chi connectivity index (χ0v) is 10.6. The van der Waals surface area contributed by atoms with Crippen LogP contribution in [0.25, 0.3) is 6.08 Å². The molecule has 1 amide bonds. The van der Waals surface area contributed by atoms with Gasteiger partial charge in [0.05, 0.1) is 0 Å². The van der Waals surface area contributed by atoms with E-state index in [9.17, 15) is 9.90 Å². The molecular formula is C12H14BrNO2. The number of carbonyl (C=O) groups excluding carboxylic acids is 1. The first-order chi connectivity index (χ1) is 7.59. The highest BCUT2D eigenvalue weighted by atomic mass is 79.9. The van der Waals surface area contributed by atoms with Crippen LogP contribution in [0.4, 0.5) is 0 Å². The molecular weight excluding hydrogens is 270 g/mol. The second-order valence-electron chi connectivity index (χ2n) is 3.38. The van der Waals surface area contributed by atoms with Gasteiger partial charge in [-0.3, -0.25) is 4.79 Å². The fraction of sp³-hybridized carbons (Fsp3) is 0.250. The average Bonchev–Trinajstić information content (AvgIpc) is 2.22. The lowest BCUT2D eigenvalue weighted by Crippen LogP contribution is -2.20. The van der Waals surface area contributed by atoms with E-state index in [0.29, 0.717) is 6.54 Å². The minimum absolute atomic E-state index is 0.0290. The quantitative estimate of drug-likeness (QED) is 0.835. The Balaban J connectivity index is 2.49. The molecule has 1 aromatic carbocycles. The first-order valence-electron chi connectivity index (χ1n) is 4.99. The number of phenolic OH excluding ortho intramolecular Hbond substituents is 1. The third-order valence-electron chi connectivity index (χ3n) is 1.97. The van der Waals surface area contributed by atoms with Crippen LogP contribution in [0, 0.1) is 0 Å². The molecule has 0 radical (unpaired) electrons.